The molecule has 1 amide bonds. The summed E-state index contributed by atoms with van der Waals surface area (Å²) in [5, 5.41) is 15.6. The number of hydrogen-bond donors (Lipinski definition) is 1. The summed E-state index contributed by atoms with van der Waals surface area (Å²) in [6.07, 6.45) is 0. The summed E-state index contributed by atoms with van der Waals surface area (Å²) in [5.74, 6) is 1.55. The highest BCUT2D eigenvalue weighted by Crippen LogP contribution is 2.22. The summed E-state index contributed by atoms with van der Waals surface area (Å²) in [4.78, 5) is 11.7. The molecule has 3 rings (SSSR count). The van der Waals surface area contributed by atoms with E-state index < -0.39 is 0 Å². The molecule has 0 aliphatic heterocycles. The quantitative estimate of drug-likeness (QED) is 0.740. The van der Waals surface area contributed by atoms with Gasteiger partial charge >= 0.3 is 0 Å². The summed E-state index contributed by atoms with van der Waals surface area (Å²) < 4.78 is 7.49. The van der Waals surface area contributed by atoms with Crippen molar-refractivity contribution in [2.24, 2.45) is 5.92 Å². The molecular formula is C20H23N5O2. The number of ether oxygens (including phenoxy) is 1. The van der Waals surface area contributed by atoms with Gasteiger partial charge in [0, 0.05) is 23.4 Å². The number of aryl methyl sites for hydroxylation is 1. The van der Waals surface area contributed by atoms with E-state index in [0.717, 1.165) is 22.6 Å². The fourth-order valence-corrected chi connectivity index (χ4v) is 2.44. The molecule has 0 radical (unpaired) electrons. The molecule has 2 heterocycles. The number of aromatic nitrogens is 4. The Bertz CT molecular complexity index is 944. The topological polar surface area (TPSA) is 81.9 Å². The van der Waals surface area contributed by atoms with Crippen LogP contribution in [-0.2, 0) is 4.79 Å². The van der Waals surface area contributed by atoms with Gasteiger partial charge in [-0.25, -0.2) is 4.68 Å². The number of benzene rings is 1. The largest absolute Gasteiger partial charge is 0.438 e. The number of carbonyl (C=O) groups is 1. The van der Waals surface area contributed by atoms with Crippen LogP contribution in [0.2, 0.25) is 0 Å². The zero-order valence-electron chi connectivity index (χ0n) is 16.1. The molecule has 0 saturated heterocycles. The molecule has 27 heavy (non-hydrogen) atoms. The molecule has 0 saturated carbocycles. The Balaban J connectivity index is 1.69. The van der Waals surface area contributed by atoms with Crippen LogP contribution in [0.1, 0.15) is 30.8 Å². The zero-order chi connectivity index (χ0) is 19.6. The lowest BCUT2D eigenvalue weighted by molar-refractivity contribution is -0.118. The van der Waals surface area contributed by atoms with E-state index in [1.165, 1.54) is 0 Å². The first-order chi connectivity index (χ1) is 12.8. The van der Waals surface area contributed by atoms with E-state index in [4.69, 9.17) is 4.74 Å². The molecule has 1 aromatic carbocycles. The van der Waals surface area contributed by atoms with Gasteiger partial charge in [-0.2, -0.15) is 5.10 Å². The molecule has 0 fully saturated rings. The van der Waals surface area contributed by atoms with Crippen LogP contribution in [0.25, 0.3) is 5.82 Å². The van der Waals surface area contributed by atoms with E-state index in [1.54, 1.807) is 35.0 Å². The van der Waals surface area contributed by atoms with Crippen molar-refractivity contribution in [3.8, 4) is 17.4 Å². The Morgan fingerprint density at radius 2 is 1.74 bits per heavy atom. The van der Waals surface area contributed by atoms with E-state index >= 15 is 0 Å². The summed E-state index contributed by atoms with van der Waals surface area (Å²) in [6.45, 7) is 9.70. The fourth-order valence-electron chi connectivity index (χ4n) is 2.44. The molecule has 0 aliphatic rings. The van der Waals surface area contributed by atoms with Crippen LogP contribution in [0.4, 0.5) is 5.69 Å². The minimum absolute atomic E-state index is 0.0236. The molecule has 140 valence electrons. The second-order valence-electron chi connectivity index (χ2n) is 6.71. The van der Waals surface area contributed by atoms with Crippen LogP contribution in [-0.4, -0.2) is 25.9 Å². The van der Waals surface area contributed by atoms with E-state index in [2.05, 4.69) is 20.6 Å². The van der Waals surface area contributed by atoms with Crippen molar-refractivity contribution in [2.45, 2.75) is 34.6 Å². The number of hydrogen-bond acceptors (Lipinski definition) is 5. The van der Waals surface area contributed by atoms with Crippen molar-refractivity contribution in [2.75, 3.05) is 5.32 Å². The van der Waals surface area contributed by atoms with E-state index in [9.17, 15) is 4.79 Å². The first kappa shape index (κ1) is 18.6. The van der Waals surface area contributed by atoms with Crippen molar-refractivity contribution < 1.29 is 9.53 Å². The lowest BCUT2D eigenvalue weighted by atomic mass is 10.2. The van der Waals surface area contributed by atoms with Gasteiger partial charge < -0.3 is 10.1 Å². The van der Waals surface area contributed by atoms with E-state index in [1.807, 2.05) is 40.7 Å². The number of amides is 1. The molecular weight excluding hydrogens is 342 g/mol. The average molecular weight is 365 g/mol. The second-order valence-corrected chi connectivity index (χ2v) is 6.71. The lowest BCUT2D eigenvalue weighted by Crippen LogP contribution is -2.17. The normalized spacial score (nSPS) is 10.9. The van der Waals surface area contributed by atoms with Crippen LogP contribution in [0.15, 0.2) is 36.4 Å². The monoisotopic (exact) mass is 365 g/mol. The Morgan fingerprint density at radius 3 is 2.26 bits per heavy atom. The highest BCUT2D eigenvalue weighted by Gasteiger charge is 2.11. The number of nitrogens with one attached hydrogen (secondary N) is 1. The van der Waals surface area contributed by atoms with Crippen LogP contribution in [0, 0.1) is 26.7 Å². The van der Waals surface area contributed by atoms with Gasteiger partial charge in [0.05, 0.1) is 5.69 Å². The Labute approximate surface area is 158 Å². The predicted molar refractivity (Wildman–Crippen MR) is 103 cm³/mol. The SMILES string of the molecule is Cc1nn(-c2ccc(Oc3ccc(NC(=O)C(C)C)cc3)nn2)c(C)c1C. The van der Waals surface area contributed by atoms with Crippen molar-refractivity contribution >= 4 is 11.6 Å². The zero-order valence-corrected chi connectivity index (χ0v) is 16.1. The van der Waals surface area contributed by atoms with Crippen LogP contribution < -0.4 is 10.1 Å². The van der Waals surface area contributed by atoms with Gasteiger partial charge in [0.25, 0.3) is 0 Å². The Kier molecular flexibility index (Phi) is 5.21. The molecule has 0 aliphatic carbocycles. The molecule has 3 aromatic rings. The Morgan fingerprint density at radius 1 is 1.04 bits per heavy atom. The van der Waals surface area contributed by atoms with Crippen molar-refractivity contribution in [3.05, 3.63) is 53.3 Å². The lowest BCUT2D eigenvalue weighted by Gasteiger charge is -2.09. The predicted octanol–water partition coefficient (Wildman–Crippen LogP) is 3.97. The summed E-state index contributed by atoms with van der Waals surface area (Å²) in [6, 6.07) is 10.7. The maximum atomic E-state index is 11.7. The highest BCUT2D eigenvalue weighted by molar-refractivity contribution is 5.92. The van der Waals surface area contributed by atoms with E-state index in [0.29, 0.717) is 17.4 Å². The maximum absolute atomic E-state index is 11.7. The van der Waals surface area contributed by atoms with Gasteiger partial charge in [0.1, 0.15) is 5.75 Å². The standard InChI is InChI=1S/C20H23N5O2/c1-12(2)20(26)21-16-6-8-17(9-7-16)27-19-11-10-18(22-23-19)25-15(5)13(3)14(4)24-25/h6-12H,1-5H3,(H,21,26). The second kappa shape index (κ2) is 7.57. The van der Waals surface area contributed by atoms with Crippen LogP contribution in [0.5, 0.6) is 11.6 Å². The molecule has 0 spiro atoms. The fraction of sp³-hybridized carbons (Fsp3) is 0.300. The van der Waals surface area contributed by atoms with Gasteiger partial charge in [-0.3, -0.25) is 4.79 Å². The number of carbonyl (C=O) groups excluding carboxylic acids is 1. The number of anilines is 1. The third kappa shape index (κ3) is 4.13. The van der Waals surface area contributed by atoms with Gasteiger partial charge in [-0.05, 0) is 56.7 Å². The first-order valence-electron chi connectivity index (χ1n) is 8.81. The van der Waals surface area contributed by atoms with Crippen molar-refractivity contribution in [1.29, 1.82) is 0 Å². The minimum atomic E-state index is -0.0688. The van der Waals surface area contributed by atoms with Crippen molar-refractivity contribution in [3.63, 3.8) is 0 Å². The molecule has 7 heteroatoms. The average Bonchev–Trinajstić information content (AvgIpc) is 2.91. The molecule has 0 unspecified atom stereocenters. The third-order valence-corrected chi connectivity index (χ3v) is 4.36. The summed E-state index contributed by atoms with van der Waals surface area (Å²) in [5.41, 5.74) is 3.87. The maximum Gasteiger partial charge on any atom is 0.238 e. The number of rotatable bonds is 5. The smallest absolute Gasteiger partial charge is 0.238 e. The molecule has 1 N–H and O–H groups in total. The molecule has 7 nitrogen and oxygen atoms in total. The van der Waals surface area contributed by atoms with Gasteiger partial charge in [-0.15, -0.1) is 10.2 Å². The molecule has 0 atom stereocenters. The van der Waals surface area contributed by atoms with Crippen LogP contribution >= 0.6 is 0 Å². The molecule has 2 aromatic heterocycles. The molecule has 0 bridgehead atoms. The minimum Gasteiger partial charge on any atom is -0.438 e. The third-order valence-electron chi connectivity index (χ3n) is 4.36. The Hall–Kier alpha value is -3.22. The summed E-state index contributed by atoms with van der Waals surface area (Å²) in [7, 11) is 0. The van der Waals surface area contributed by atoms with Crippen LogP contribution in [0.3, 0.4) is 0 Å². The first-order valence-corrected chi connectivity index (χ1v) is 8.81. The van der Waals surface area contributed by atoms with Gasteiger partial charge in [-0.1, -0.05) is 13.8 Å². The summed E-state index contributed by atoms with van der Waals surface area (Å²) >= 11 is 0. The van der Waals surface area contributed by atoms with E-state index in [-0.39, 0.29) is 11.8 Å². The van der Waals surface area contributed by atoms with Gasteiger partial charge in [0.15, 0.2) is 5.82 Å². The highest BCUT2D eigenvalue weighted by atomic mass is 16.5. The van der Waals surface area contributed by atoms with Gasteiger partial charge in [0.2, 0.25) is 11.8 Å². The van der Waals surface area contributed by atoms with Crippen molar-refractivity contribution in [1.82, 2.24) is 20.0 Å². The number of nitrogens with zero attached hydrogens (tertiary/aromatic N) is 4.